The average Bonchev–Trinajstić information content (AvgIpc) is 2.79. The molecule has 1 aromatic heterocycles. The maximum Gasteiger partial charge on any atom is 0.212 e. The Kier molecular flexibility index (Phi) is 4.22. The van der Waals surface area contributed by atoms with Crippen LogP contribution in [-0.4, -0.2) is 11.9 Å². The minimum absolute atomic E-state index is 0.140. The lowest BCUT2D eigenvalue weighted by Gasteiger charge is -2.13. The van der Waals surface area contributed by atoms with Crippen molar-refractivity contribution in [1.29, 1.82) is 0 Å². The maximum atomic E-state index is 13.1. The van der Waals surface area contributed by atoms with E-state index >= 15 is 0 Å². The molecule has 1 unspecified atom stereocenters. The molecule has 2 nitrogen and oxygen atoms in total. The number of thiophene rings is 1. The fraction of sp³-hybridized carbons (Fsp3) is 0.214. The summed E-state index contributed by atoms with van der Waals surface area (Å²) in [4.78, 5) is 12.6. The largest absolute Gasteiger partial charge is 0.483 e. The van der Waals surface area contributed by atoms with Crippen molar-refractivity contribution in [3.63, 3.8) is 0 Å². The highest BCUT2D eigenvalue weighted by atomic mass is 35.5. The number of rotatable bonds is 4. The lowest BCUT2D eigenvalue weighted by molar-refractivity contribution is 0.0822. The summed E-state index contributed by atoms with van der Waals surface area (Å²) in [6, 6.07) is 7.75. The van der Waals surface area contributed by atoms with Crippen molar-refractivity contribution in [3.05, 3.63) is 50.9 Å². The predicted molar refractivity (Wildman–Crippen MR) is 74.9 cm³/mol. The number of ketones is 1. The Balaban J connectivity index is 2.10. The Morgan fingerprint density at radius 1 is 1.37 bits per heavy atom. The molecule has 19 heavy (non-hydrogen) atoms. The fourth-order valence-electron chi connectivity index (χ4n) is 1.60. The molecule has 0 N–H and O–H groups in total. The molecule has 0 spiro atoms. The van der Waals surface area contributed by atoms with Crippen molar-refractivity contribution in [2.45, 2.75) is 20.0 Å². The number of aryl methyl sites for hydroxylation is 1. The molecule has 0 aliphatic carbocycles. The molecule has 0 saturated carbocycles. The molecule has 2 rings (SSSR count). The Morgan fingerprint density at radius 2 is 2.11 bits per heavy atom. The summed E-state index contributed by atoms with van der Waals surface area (Å²) in [6.45, 7) is 3.31. The molecular weight excluding hydrogens is 287 g/mol. The fourth-order valence-corrected chi connectivity index (χ4v) is 2.66. The molecule has 1 aromatic carbocycles. The second-order valence-corrected chi connectivity index (χ2v) is 5.85. The molecule has 0 aliphatic rings. The summed E-state index contributed by atoms with van der Waals surface area (Å²) in [6.07, 6.45) is -0.639. The van der Waals surface area contributed by atoms with E-state index in [0.29, 0.717) is 20.5 Å². The smallest absolute Gasteiger partial charge is 0.212 e. The van der Waals surface area contributed by atoms with Crippen LogP contribution in [0.15, 0.2) is 30.3 Å². The zero-order valence-corrected chi connectivity index (χ0v) is 12.0. The van der Waals surface area contributed by atoms with Gasteiger partial charge in [-0.1, -0.05) is 11.6 Å². The molecular formula is C14H12ClFO2S. The van der Waals surface area contributed by atoms with E-state index in [0.717, 1.165) is 0 Å². The highest BCUT2D eigenvalue weighted by Gasteiger charge is 2.19. The van der Waals surface area contributed by atoms with Crippen LogP contribution >= 0.6 is 22.9 Å². The Bertz CT molecular complexity index is 609. The van der Waals surface area contributed by atoms with E-state index in [1.807, 2.05) is 0 Å². The minimum Gasteiger partial charge on any atom is -0.483 e. The van der Waals surface area contributed by atoms with Crippen molar-refractivity contribution >= 4 is 28.7 Å². The van der Waals surface area contributed by atoms with E-state index in [-0.39, 0.29) is 11.6 Å². The maximum absolute atomic E-state index is 13.1. The van der Waals surface area contributed by atoms with Crippen LogP contribution in [0.1, 0.15) is 22.2 Å². The number of benzene rings is 1. The van der Waals surface area contributed by atoms with E-state index in [2.05, 4.69) is 0 Å². The molecule has 0 radical (unpaired) electrons. The predicted octanol–water partition coefficient (Wildman–Crippen LogP) is 4.50. The summed E-state index contributed by atoms with van der Waals surface area (Å²) < 4.78 is 19.2. The van der Waals surface area contributed by atoms with E-state index in [9.17, 15) is 9.18 Å². The van der Waals surface area contributed by atoms with Crippen LogP contribution in [0.2, 0.25) is 4.34 Å². The van der Waals surface area contributed by atoms with Gasteiger partial charge in [-0.2, -0.15) is 0 Å². The lowest BCUT2D eigenvalue weighted by atomic mass is 10.2. The summed E-state index contributed by atoms with van der Waals surface area (Å²) in [5.74, 6) is 0.0395. The van der Waals surface area contributed by atoms with Gasteiger partial charge in [-0.25, -0.2) is 4.39 Å². The van der Waals surface area contributed by atoms with Crippen LogP contribution in [0.4, 0.5) is 4.39 Å². The third-order valence-electron chi connectivity index (χ3n) is 2.63. The van der Waals surface area contributed by atoms with E-state index in [1.165, 1.54) is 23.5 Å². The number of carbonyl (C=O) groups is 1. The zero-order valence-electron chi connectivity index (χ0n) is 10.4. The molecule has 0 bridgehead atoms. The second kappa shape index (κ2) is 5.72. The number of hydrogen-bond acceptors (Lipinski definition) is 3. The summed E-state index contributed by atoms with van der Waals surface area (Å²) in [5.41, 5.74) is 0.483. The third kappa shape index (κ3) is 3.33. The van der Waals surface area contributed by atoms with Crippen LogP contribution < -0.4 is 4.74 Å². The van der Waals surface area contributed by atoms with Gasteiger partial charge in [0.25, 0.3) is 0 Å². The number of carbonyl (C=O) groups excluding carboxylic acids is 1. The first kappa shape index (κ1) is 14.0. The number of ether oxygens (including phenoxy) is 1. The van der Waals surface area contributed by atoms with Gasteiger partial charge in [-0.3, -0.25) is 4.79 Å². The number of halogens is 2. The first-order valence-electron chi connectivity index (χ1n) is 5.69. The second-order valence-electron chi connectivity index (χ2n) is 4.14. The summed E-state index contributed by atoms with van der Waals surface area (Å²) in [5, 5.41) is 0. The number of hydrogen-bond donors (Lipinski definition) is 0. The minimum atomic E-state index is -0.639. The van der Waals surface area contributed by atoms with E-state index in [4.69, 9.17) is 16.3 Å². The van der Waals surface area contributed by atoms with Gasteiger partial charge in [0, 0.05) is 0 Å². The van der Waals surface area contributed by atoms with Crippen molar-refractivity contribution in [2.75, 3.05) is 0 Å². The molecule has 0 amide bonds. The van der Waals surface area contributed by atoms with Gasteiger partial charge in [0.2, 0.25) is 5.78 Å². The summed E-state index contributed by atoms with van der Waals surface area (Å²) in [7, 11) is 0. The summed E-state index contributed by atoms with van der Waals surface area (Å²) >= 11 is 7.01. The molecule has 100 valence electrons. The van der Waals surface area contributed by atoms with Crippen LogP contribution in [-0.2, 0) is 0 Å². The van der Waals surface area contributed by atoms with Crippen LogP contribution in [0.3, 0.4) is 0 Å². The van der Waals surface area contributed by atoms with E-state index in [1.54, 1.807) is 32.0 Å². The Morgan fingerprint density at radius 3 is 2.68 bits per heavy atom. The van der Waals surface area contributed by atoms with Crippen molar-refractivity contribution in [2.24, 2.45) is 0 Å². The lowest BCUT2D eigenvalue weighted by Crippen LogP contribution is -2.23. The molecule has 0 fully saturated rings. The van der Waals surface area contributed by atoms with Gasteiger partial charge in [0.05, 0.1) is 9.21 Å². The van der Waals surface area contributed by atoms with Crippen LogP contribution in [0.5, 0.6) is 5.75 Å². The van der Waals surface area contributed by atoms with Crippen molar-refractivity contribution in [3.8, 4) is 5.75 Å². The highest BCUT2D eigenvalue weighted by Crippen LogP contribution is 2.24. The van der Waals surface area contributed by atoms with Gasteiger partial charge in [0.15, 0.2) is 6.10 Å². The molecule has 1 atom stereocenters. The SMILES string of the molecule is Cc1cc(OC(C)C(=O)c2ccc(Cl)s2)ccc1F. The Labute approximate surface area is 119 Å². The quantitative estimate of drug-likeness (QED) is 0.777. The van der Waals surface area contributed by atoms with Gasteiger partial charge in [-0.05, 0) is 49.7 Å². The van der Waals surface area contributed by atoms with E-state index < -0.39 is 6.10 Å². The van der Waals surface area contributed by atoms with Crippen LogP contribution in [0.25, 0.3) is 0 Å². The topological polar surface area (TPSA) is 26.3 Å². The zero-order chi connectivity index (χ0) is 14.0. The molecule has 0 aliphatic heterocycles. The van der Waals surface area contributed by atoms with Gasteiger partial charge in [-0.15, -0.1) is 11.3 Å². The normalized spacial score (nSPS) is 12.2. The first-order chi connectivity index (χ1) is 8.97. The van der Waals surface area contributed by atoms with Gasteiger partial charge >= 0.3 is 0 Å². The molecule has 1 heterocycles. The molecule has 5 heteroatoms. The third-order valence-corrected chi connectivity index (χ3v) is 3.87. The monoisotopic (exact) mass is 298 g/mol. The number of Topliss-reactive ketones (excluding diaryl/α,β-unsaturated/α-hetero) is 1. The highest BCUT2D eigenvalue weighted by molar-refractivity contribution is 7.18. The first-order valence-corrected chi connectivity index (χ1v) is 6.89. The molecule has 0 saturated heterocycles. The standard InChI is InChI=1S/C14H12ClFO2S/c1-8-7-10(3-4-11(8)16)18-9(2)14(17)12-5-6-13(15)19-12/h3-7,9H,1-2H3. The van der Waals surface area contributed by atoms with Gasteiger partial charge in [0.1, 0.15) is 11.6 Å². The Hall–Kier alpha value is -1.39. The van der Waals surface area contributed by atoms with Crippen molar-refractivity contribution in [1.82, 2.24) is 0 Å². The van der Waals surface area contributed by atoms with Crippen LogP contribution in [0, 0.1) is 12.7 Å². The van der Waals surface area contributed by atoms with Gasteiger partial charge < -0.3 is 4.74 Å². The average molecular weight is 299 g/mol. The molecule has 2 aromatic rings. The van der Waals surface area contributed by atoms with Crippen molar-refractivity contribution < 1.29 is 13.9 Å².